The number of carbonyl (C=O) groups excluding carboxylic acids is 1. The standard InChI is InChI=1S/C16H26N2O3/c1-11(2)15(19)10-20-14-6-7-16(18-9-14)21-13(5)8-17-12(3)4/h6-7,9,11-13,17H,8,10H2,1-5H3/t13-/m1/s1. The third kappa shape index (κ3) is 7.09. The van der Waals surface area contributed by atoms with Gasteiger partial charge in [0.1, 0.15) is 18.5 Å². The fourth-order valence-electron chi connectivity index (χ4n) is 1.49. The Kier molecular flexibility index (Phi) is 7.15. The number of rotatable bonds is 9. The van der Waals surface area contributed by atoms with Crippen molar-refractivity contribution in [2.75, 3.05) is 13.2 Å². The number of aromatic nitrogens is 1. The summed E-state index contributed by atoms with van der Waals surface area (Å²) in [5, 5.41) is 3.31. The van der Waals surface area contributed by atoms with E-state index in [1.165, 1.54) is 0 Å². The van der Waals surface area contributed by atoms with Gasteiger partial charge in [-0.3, -0.25) is 4.79 Å². The summed E-state index contributed by atoms with van der Waals surface area (Å²) in [7, 11) is 0. The van der Waals surface area contributed by atoms with Crippen LogP contribution in [-0.4, -0.2) is 36.1 Å². The second kappa shape index (κ2) is 8.62. The second-order valence-electron chi connectivity index (χ2n) is 5.73. The van der Waals surface area contributed by atoms with Gasteiger partial charge in [0.15, 0.2) is 5.78 Å². The van der Waals surface area contributed by atoms with E-state index < -0.39 is 0 Å². The molecule has 0 aromatic carbocycles. The molecule has 0 aliphatic carbocycles. The zero-order valence-electron chi connectivity index (χ0n) is 13.6. The molecule has 1 heterocycles. The van der Waals surface area contributed by atoms with Gasteiger partial charge in [-0.1, -0.05) is 27.7 Å². The van der Waals surface area contributed by atoms with Crippen LogP contribution in [-0.2, 0) is 4.79 Å². The van der Waals surface area contributed by atoms with Gasteiger partial charge in [0.25, 0.3) is 0 Å². The Hall–Kier alpha value is -1.62. The van der Waals surface area contributed by atoms with Gasteiger partial charge < -0.3 is 14.8 Å². The molecule has 5 heteroatoms. The van der Waals surface area contributed by atoms with E-state index >= 15 is 0 Å². The minimum Gasteiger partial charge on any atom is -0.484 e. The Balaban J connectivity index is 2.41. The van der Waals surface area contributed by atoms with Crippen molar-refractivity contribution in [3.05, 3.63) is 18.3 Å². The second-order valence-corrected chi connectivity index (χ2v) is 5.73. The first-order chi connectivity index (χ1) is 9.88. The lowest BCUT2D eigenvalue weighted by Crippen LogP contribution is -2.33. The number of carbonyl (C=O) groups is 1. The molecule has 1 aromatic rings. The number of nitrogens with one attached hydrogen (secondary N) is 1. The molecule has 0 radical (unpaired) electrons. The number of hydrogen-bond donors (Lipinski definition) is 1. The number of ether oxygens (including phenoxy) is 2. The van der Waals surface area contributed by atoms with Gasteiger partial charge in [0.05, 0.1) is 6.20 Å². The van der Waals surface area contributed by atoms with Crippen molar-refractivity contribution in [1.29, 1.82) is 0 Å². The van der Waals surface area contributed by atoms with Crippen molar-refractivity contribution in [2.45, 2.75) is 46.8 Å². The van der Waals surface area contributed by atoms with Crippen molar-refractivity contribution in [3.63, 3.8) is 0 Å². The van der Waals surface area contributed by atoms with E-state index in [2.05, 4.69) is 24.1 Å². The van der Waals surface area contributed by atoms with Crippen LogP contribution in [0.3, 0.4) is 0 Å². The molecular weight excluding hydrogens is 268 g/mol. The third-order valence-electron chi connectivity index (χ3n) is 2.87. The highest BCUT2D eigenvalue weighted by molar-refractivity contribution is 5.81. The molecule has 1 atom stereocenters. The largest absolute Gasteiger partial charge is 0.484 e. The van der Waals surface area contributed by atoms with Crippen molar-refractivity contribution < 1.29 is 14.3 Å². The molecule has 0 fully saturated rings. The molecular formula is C16H26N2O3. The van der Waals surface area contributed by atoms with Gasteiger partial charge >= 0.3 is 0 Å². The Morgan fingerprint density at radius 2 is 1.95 bits per heavy atom. The van der Waals surface area contributed by atoms with Crippen LogP contribution in [0, 0.1) is 5.92 Å². The first-order valence-corrected chi connectivity index (χ1v) is 7.40. The summed E-state index contributed by atoms with van der Waals surface area (Å²) in [6, 6.07) is 3.94. The zero-order chi connectivity index (χ0) is 15.8. The predicted molar refractivity (Wildman–Crippen MR) is 82.8 cm³/mol. The SMILES string of the molecule is CC(C)NC[C@@H](C)Oc1ccc(OCC(=O)C(C)C)cn1. The molecule has 1 rings (SSSR count). The Morgan fingerprint density at radius 1 is 1.24 bits per heavy atom. The summed E-state index contributed by atoms with van der Waals surface area (Å²) in [6.07, 6.45) is 1.61. The summed E-state index contributed by atoms with van der Waals surface area (Å²) in [5.74, 6) is 1.18. The molecule has 0 aliphatic rings. The van der Waals surface area contributed by atoms with E-state index in [9.17, 15) is 4.79 Å². The number of hydrogen-bond acceptors (Lipinski definition) is 5. The number of Topliss-reactive ketones (excluding diaryl/α,β-unsaturated/α-hetero) is 1. The molecule has 0 bridgehead atoms. The summed E-state index contributed by atoms with van der Waals surface area (Å²) in [5.41, 5.74) is 0. The van der Waals surface area contributed by atoms with Crippen LogP contribution in [0.5, 0.6) is 11.6 Å². The lowest BCUT2D eigenvalue weighted by atomic mass is 10.1. The maximum Gasteiger partial charge on any atom is 0.213 e. The van der Waals surface area contributed by atoms with E-state index in [0.29, 0.717) is 17.7 Å². The van der Waals surface area contributed by atoms with Crippen LogP contribution in [0.1, 0.15) is 34.6 Å². The molecule has 0 amide bonds. The van der Waals surface area contributed by atoms with Crippen LogP contribution in [0.2, 0.25) is 0 Å². The molecule has 0 saturated carbocycles. The van der Waals surface area contributed by atoms with Crippen LogP contribution in [0.4, 0.5) is 0 Å². The van der Waals surface area contributed by atoms with Gasteiger partial charge in [0.2, 0.25) is 5.88 Å². The van der Waals surface area contributed by atoms with Crippen molar-refractivity contribution in [2.24, 2.45) is 5.92 Å². The summed E-state index contributed by atoms with van der Waals surface area (Å²) < 4.78 is 11.1. The van der Waals surface area contributed by atoms with Gasteiger partial charge in [-0.05, 0) is 13.0 Å². The first-order valence-electron chi connectivity index (χ1n) is 7.40. The van der Waals surface area contributed by atoms with Crippen LogP contribution >= 0.6 is 0 Å². The highest BCUT2D eigenvalue weighted by Gasteiger charge is 2.09. The lowest BCUT2D eigenvalue weighted by molar-refractivity contribution is -0.123. The van der Waals surface area contributed by atoms with Crippen LogP contribution in [0.15, 0.2) is 18.3 Å². The topological polar surface area (TPSA) is 60.5 Å². The first kappa shape index (κ1) is 17.4. The third-order valence-corrected chi connectivity index (χ3v) is 2.87. The Bertz CT molecular complexity index is 430. The van der Waals surface area contributed by atoms with Crippen molar-refractivity contribution >= 4 is 5.78 Å². The molecule has 5 nitrogen and oxygen atoms in total. The summed E-state index contributed by atoms with van der Waals surface area (Å²) in [4.78, 5) is 15.7. The maximum absolute atomic E-state index is 11.5. The van der Waals surface area contributed by atoms with Gasteiger partial charge in [-0.2, -0.15) is 0 Å². The maximum atomic E-state index is 11.5. The van der Waals surface area contributed by atoms with Gasteiger partial charge in [-0.25, -0.2) is 4.98 Å². The molecule has 118 valence electrons. The summed E-state index contributed by atoms with van der Waals surface area (Å²) >= 11 is 0. The molecule has 0 aliphatic heterocycles. The molecule has 21 heavy (non-hydrogen) atoms. The van der Waals surface area contributed by atoms with Crippen molar-refractivity contribution in [3.8, 4) is 11.6 Å². The van der Waals surface area contributed by atoms with E-state index in [0.717, 1.165) is 6.54 Å². The zero-order valence-corrected chi connectivity index (χ0v) is 13.6. The van der Waals surface area contributed by atoms with E-state index in [4.69, 9.17) is 9.47 Å². The fraction of sp³-hybridized carbons (Fsp3) is 0.625. The van der Waals surface area contributed by atoms with E-state index in [1.54, 1.807) is 18.3 Å². The predicted octanol–water partition coefficient (Wildman–Crippen LogP) is 2.45. The minimum absolute atomic E-state index is 0.0186. The average Bonchev–Trinajstić information content (AvgIpc) is 2.44. The lowest BCUT2D eigenvalue weighted by Gasteiger charge is -2.16. The molecule has 0 unspecified atom stereocenters. The normalized spacial score (nSPS) is 12.5. The van der Waals surface area contributed by atoms with Crippen LogP contribution in [0.25, 0.3) is 0 Å². The van der Waals surface area contributed by atoms with Gasteiger partial charge in [0, 0.05) is 24.6 Å². The highest BCUT2D eigenvalue weighted by atomic mass is 16.5. The van der Waals surface area contributed by atoms with Crippen LogP contribution < -0.4 is 14.8 Å². The number of ketones is 1. The monoisotopic (exact) mass is 294 g/mol. The molecule has 1 N–H and O–H groups in total. The van der Waals surface area contributed by atoms with E-state index in [1.807, 2.05) is 20.8 Å². The van der Waals surface area contributed by atoms with E-state index in [-0.39, 0.29) is 24.4 Å². The number of nitrogens with zero attached hydrogens (tertiary/aromatic N) is 1. The molecule has 1 aromatic heterocycles. The number of pyridine rings is 1. The summed E-state index contributed by atoms with van der Waals surface area (Å²) in [6.45, 7) is 10.7. The highest BCUT2D eigenvalue weighted by Crippen LogP contribution is 2.15. The minimum atomic E-state index is -0.0186. The van der Waals surface area contributed by atoms with Gasteiger partial charge in [-0.15, -0.1) is 0 Å². The quantitative estimate of drug-likeness (QED) is 0.758. The smallest absolute Gasteiger partial charge is 0.213 e. The van der Waals surface area contributed by atoms with Crippen molar-refractivity contribution in [1.82, 2.24) is 10.3 Å². The molecule has 0 spiro atoms. The fourth-order valence-corrected chi connectivity index (χ4v) is 1.49. The average molecular weight is 294 g/mol. The molecule has 0 saturated heterocycles. The Morgan fingerprint density at radius 3 is 2.48 bits per heavy atom. The Labute approximate surface area is 127 Å².